The van der Waals surface area contributed by atoms with Crippen LogP contribution in [0.2, 0.25) is 0 Å². The second-order valence-electron chi connectivity index (χ2n) is 5.82. The normalized spacial score (nSPS) is 46.8. The number of rotatable bonds is 3. The van der Waals surface area contributed by atoms with Crippen LogP contribution in [-0.4, -0.2) is 6.04 Å². The highest BCUT2D eigenvalue weighted by Gasteiger charge is 2.40. The third-order valence-electron chi connectivity index (χ3n) is 5.16. The highest BCUT2D eigenvalue weighted by Crippen LogP contribution is 2.42. The summed E-state index contributed by atoms with van der Waals surface area (Å²) in [4.78, 5) is 0. The van der Waals surface area contributed by atoms with Crippen molar-refractivity contribution in [1.82, 2.24) is 0 Å². The van der Waals surface area contributed by atoms with Crippen LogP contribution in [0.3, 0.4) is 0 Å². The van der Waals surface area contributed by atoms with Crippen LogP contribution in [0.15, 0.2) is 0 Å². The van der Waals surface area contributed by atoms with E-state index in [1.165, 1.54) is 19.3 Å². The van der Waals surface area contributed by atoms with Crippen LogP contribution in [0, 0.1) is 29.6 Å². The SMILES string of the molecule is CCCCC1C(C)C(C)C(C)C(C)C1N. The van der Waals surface area contributed by atoms with E-state index in [0.717, 1.165) is 23.7 Å². The lowest BCUT2D eigenvalue weighted by Gasteiger charge is -2.47. The van der Waals surface area contributed by atoms with Gasteiger partial charge in [-0.25, -0.2) is 0 Å². The summed E-state index contributed by atoms with van der Waals surface area (Å²) in [6, 6.07) is 0.428. The second kappa shape index (κ2) is 5.34. The fraction of sp³-hybridized carbons (Fsp3) is 1.00. The van der Waals surface area contributed by atoms with Crippen LogP contribution in [0.25, 0.3) is 0 Å². The van der Waals surface area contributed by atoms with E-state index in [9.17, 15) is 0 Å². The van der Waals surface area contributed by atoms with Crippen LogP contribution < -0.4 is 5.73 Å². The third kappa shape index (κ3) is 2.55. The molecule has 0 aliphatic heterocycles. The molecule has 6 atom stereocenters. The van der Waals surface area contributed by atoms with Crippen LogP contribution in [0.4, 0.5) is 0 Å². The Morgan fingerprint density at radius 1 is 0.867 bits per heavy atom. The summed E-state index contributed by atoms with van der Waals surface area (Å²) in [6.07, 6.45) is 3.98. The number of hydrogen-bond acceptors (Lipinski definition) is 1. The van der Waals surface area contributed by atoms with Crippen LogP contribution >= 0.6 is 0 Å². The van der Waals surface area contributed by atoms with Crippen molar-refractivity contribution >= 4 is 0 Å². The maximum absolute atomic E-state index is 6.41. The molecule has 0 radical (unpaired) electrons. The molecule has 1 aliphatic carbocycles. The lowest BCUT2D eigenvalue weighted by molar-refractivity contribution is 0.0470. The molecular weight excluding hydrogens is 182 g/mol. The molecule has 6 unspecified atom stereocenters. The zero-order valence-corrected chi connectivity index (χ0v) is 11.2. The Kier molecular flexibility index (Phi) is 4.64. The number of hydrogen-bond donors (Lipinski definition) is 1. The fourth-order valence-corrected chi connectivity index (χ4v) is 3.33. The molecule has 0 amide bonds. The molecule has 1 heteroatoms. The Balaban J connectivity index is 2.68. The summed E-state index contributed by atoms with van der Waals surface area (Å²) in [6.45, 7) is 11.8. The number of nitrogens with two attached hydrogens (primary N) is 1. The van der Waals surface area contributed by atoms with Crippen molar-refractivity contribution in [3.63, 3.8) is 0 Å². The van der Waals surface area contributed by atoms with E-state index in [0.29, 0.717) is 12.0 Å². The van der Waals surface area contributed by atoms with E-state index >= 15 is 0 Å². The van der Waals surface area contributed by atoms with Gasteiger partial charge < -0.3 is 5.73 Å². The average molecular weight is 211 g/mol. The van der Waals surface area contributed by atoms with Gasteiger partial charge in [0.25, 0.3) is 0 Å². The first-order chi connectivity index (χ1) is 7.00. The predicted octanol–water partition coefficient (Wildman–Crippen LogP) is 3.68. The average Bonchev–Trinajstić information content (AvgIpc) is 2.24. The van der Waals surface area contributed by atoms with E-state index in [1.54, 1.807) is 0 Å². The Bertz CT molecular complexity index is 174. The summed E-state index contributed by atoms with van der Waals surface area (Å²) < 4.78 is 0. The Labute approximate surface area is 95.8 Å². The summed E-state index contributed by atoms with van der Waals surface area (Å²) in [7, 11) is 0. The van der Waals surface area contributed by atoms with Crippen molar-refractivity contribution in [2.45, 2.75) is 59.9 Å². The lowest BCUT2D eigenvalue weighted by atomic mass is 9.61. The van der Waals surface area contributed by atoms with Gasteiger partial charge in [0.15, 0.2) is 0 Å². The molecule has 1 nitrogen and oxygen atoms in total. The maximum Gasteiger partial charge on any atom is 0.00982 e. The first-order valence-corrected chi connectivity index (χ1v) is 6.76. The zero-order valence-electron chi connectivity index (χ0n) is 11.2. The molecule has 2 N–H and O–H groups in total. The lowest BCUT2D eigenvalue weighted by Crippen LogP contribution is -2.50. The van der Waals surface area contributed by atoms with E-state index in [2.05, 4.69) is 34.6 Å². The Morgan fingerprint density at radius 3 is 1.93 bits per heavy atom. The van der Waals surface area contributed by atoms with Crippen molar-refractivity contribution in [3.8, 4) is 0 Å². The van der Waals surface area contributed by atoms with Crippen molar-refractivity contribution in [2.24, 2.45) is 35.3 Å². The van der Waals surface area contributed by atoms with Crippen LogP contribution in [-0.2, 0) is 0 Å². The largest absolute Gasteiger partial charge is 0.327 e. The van der Waals surface area contributed by atoms with Crippen molar-refractivity contribution < 1.29 is 0 Å². The molecular formula is C14H29N. The summed E-state index contributed by atoms with van der Waals surface area (Å²) in [5, 5.41) is 0. The van der Waals surface area contributed by atoms with E-state index in [4.69, 9.17) is 5.73 Å². The smallest absolute Gasteiger partial charge is 0.00982 e. The quantitative estimate of drug-likeness (QED) is 0.757. The van der Waals surface area contributed by atoms with Crippen LogP contribution in [0.1, 0.15) is 53.9 Å². The molecule has 0 aromatic heterocycles. The van der Waals surface area contributed by atoms with Gasteiger partial charge in [0.2, 0.25) is 0 Å². The molecule has 0 spiro atoms. The van der Waals surface area contributed by atoms with Gasteiger partial charge in [-0.15, -0.1) is 0 Å². The fourth-order valence-electron chi connectivity index (χ4n) is 3.33. The first-order valence-electron chi connectivity index (χ1n) is 6.76. The molecule has 0 aromatic rings. The molecule has 0 aromatic carbocycles. The first kappa shape index (κ1) is 13.0. The summed E-state index contributed by atoms with van der Waals surface area (Å²) in [5.41, 5.74) is 6.41. The molecule has 1 aliphatic rings. The van der Waals surface area contributed by atoms with Gasteiger partial charge in [-0.1, -0.05) is 47.5 Å². The molecule has 0 bridgehead atoms. The van der Waals surface area contributed by atoms with Gasteiger partial charge in [0, 0.05) is 6.04 Å². The van der Waals surface area contributed by atoms with Crippen molar-refractivity contribution in [3.05, 3.63) is 0 Å². The van der Waals surface area contributed by atoms with E-state index in [-0.39, 0.29) is 0 Å². The Hall–Kier alpha value is -0.0400. The minimum Gasteiger partial charge on any atom is -0.327 e. The van der Waals surface area contributed by atoms with Gasteiger partial charge in [0.1, 0.15) is 0 Å². The molecule has 15 heavy (non-hydrogen) atoms. The van der Waals surface area contributed by atoms with Gasteiger partial charge in [0.05, 0.1) is 0 Å². The topological polar surface area (TPSA) is 26.0 Å². The summed E-state index contributed by atoms with van der Waals surface area (Å²) in [5.74, 6) is 3.87. The molecule has 90 valence electrons. The Morgan fingerprint density at radius 2 is 1.40 bits per heavy atom. The molecule has 1 saturated carbocycles. The van der Waals surface area contributed by atoms with Gasteiger partial charge in [-0.05, 0) is 36.0 Å². The van der Waals surface area contributed by atoms with E-state index in [1.807, 2.05) is 0 Å². The third-order valence-corrected chi connectivity index (χ3v) is 5.16. The predicted molar refractivity (Wildman–Crippen MR) is 67.6 cm³/mol. The zero-order chi connectivity index (χ0) is 11.6. The van der Waals surface area contributed by atoms with Crippen LogP contribution in [0.5, 0.6) is 0 Å². The van der Waals surface area contributed by atoms with Crippen molar-refractivity contribution in [2.75, 3.05) is 0 Å². The molecule has 0 saturated heterocycles. The minimum absolute atomic E-state index is 0.428. The van der Waals surface area contributed by atoms with E-state index < -0.39 is 0 Å². The minimum atomic E-state index is 0.428. The highest BCUT2D eigenvalue weighted by molar-refractivity contribution is 4.93. The van der Waals surface area contributed by atoms with Gasteiger partial charge >= 0.3 is 0 Å². The second-order valence-corrected chi connectivity index (χ2v) is 5.82. The van der Waals surface area contributed by atoms with Crippen molar-refractivity contribution in [1.29, 1.82) is 0 Å². The maximum atomic E-state index is 6.41. The number of unbranched alkanes of at least 4 members (excludes halogenated alkanes) is 1. The standard InChI is InChI=1S/C14H29N/c1-6-7-8-13-11(4)9(2)10(3)12(5)14(13)15/h9-14H,6-8,15H2,1-5H3. The van der Waals surface area contributed by atoms with Gasteiger partial charge in [-0.2, -0.15) is 0 Å². The molecule has 0 heterocycles. The highest BCUT2D eigenvalue weighted by atomic mass is 14.7. The summed E-state index contributed by atoms with van der Waals surface area (Å²) >= 11 is 0. The molecule has 1 fully saturated rings. The van der Waals surface area contributed by atoms with Gasteiger partial charge in [-0.3, -0.25) is 0 Å². The monoisotopic (exact) mass is 211 g/mol. The molecule has 1 rings (SSSR count).